The molecule has 1 atom stereocenters. The number of hydrogen-bond acceptors (Lipinski definition) is 3. The number of aromatic nitrogens is 3. The lowest BCUT2D eigenvalue weighted by Gasteiger charge is -2.26. The van der Waals surface area contributed by atoms with Gasteiger partial charge in [-0.3, -0.25) is 9.59 Å². The zero-order valence-electron chi connectivity index (χ0n) is 16.2. The summed E-state index contributed by atoms with van der Waals surface area (Å²) in [5, 5.41) is 9.10. The van der Waals surface area contributed by atoms with Crippen LogP contribution in [0.3, 0.4) is 0 Å². The molecule has 6 nitrogen and oxygen atoms in total. The van der Waals surface area contributed by atoms with Crippen LogP contribution in [0, 0.1) is 6.92 Å². The summed E-state index contributed by atoms with van der Waals surface area (Å²) in [5.41, 5.74) is 4.68. The number of nitrogens with one attached hydrogen (secondary N) is 2. The van der Waals surface area contributed by atoms with Crippen molar-refractivity contribution in [2.45, 2.75) is 38.8 Å². The molecule has 1 amide bonds. The van der Waals surface area contributed by atoms with Crippen molar-refractivity contribution in [2.24, 2.45) is 0 Å². The summed E-state index contributed by atoms with van der Waals surface area (Å²) in [5.74, 6) is -0.201. The van der Waals surface area contributed by atoms with Crippen LogP contribution < -0.4 is 10.9 Å². The number of aromatic amines is 1. The largest absolute Gasteiger partial charge is 0.350 e. The molecule has 4 aromatic rings. The van der Waals surface area contributed by atoms with E-state index in [1.807, 2.05) is 37.3 Å². The summed E-state index contributed by atoms with van der Waals surface area (Å²) in [6, 6.07) is 14.2. The monoisotopic (exact) mass is 386 g/mol. The number of carbonyl (C=O) groups is 1. The predicted molar refractivity (Wildman–Crippen MR) is 113 cm³/mol. The Balaban J connectivity index is 1.42. The highest BCUT2D eigenvalue weighted by atomic mass is 16.2. The number of rotatable bonds is 3. The summed E-state index contributed by atoms with van der Waals surface area (Å²) >= 11 is 0. The third-order valence-corrected chi connectivity index (χ3v) is 5.77. The minimum atomic E-state index is -0.282. The maximum atomic E-state index is 12.9. The normalized spacial score (nSPS) is 16.1. The van der Waals surface area contributed by atoms with E-state index in [0.717, 1.165) is 41.1 Å². The first-order valence-corrected chi connectivity index (χ1v) is 9.95. The van der Waals surface area contributed by atoms with Crippen LogP contribution in [0.2, 0.25) is 0 Å². The van der Waals surface area contributed by atoms with Crippen LogP contribution >= 0.6 is 0 Å². The quantitative estimate of drug-likeness (QED) is 0.566. The fraction of sp³-hybridized carbons (Fsp3) is 0.261. The lowest BCUT2D eigenvalue weighted by molar-refractivity contribution is -0.122. The second kappa shape index (κ2) is 6.88. The summed E-state index contributed by atoms with van der Waals surface area (Å²) < 4.78 is 1.23. The Bertz CT molecular complexity index is 1300. The minimum Gasteiger partial charge on any atom is -0.350 e. The van der Waals surface area contributed by atoms with Gasteiger partial charge in [-0.1, -0.05) is 35.9 Å². The Morgan fingerprint density at radius 1 is 1.24 bits per heavy atom. The fourth-order valence-corrected chi connectivity index (χ4v) is 4.33. The third kappa shape index (κ3) is 3.10. The highest BCUT2D eigenvalue weighted by molar-refractivity contribution is 6.06. The third-order valence-electron chi connectivity index (χ3n) is 5.77. The van der Waals surface area contributed by atoms with E-state index < -0.39 is 0 Å². The molecule has 5 rings (SSSR count). The van der Waals surface area contributed by atoms with Gasteiger partial charge in [-0.15, -0.1) is 0 Å². The van der Waals surface area contributed by atoms with E-state index in [1.165, 1.54) is 15.8 Å². The summed E-state index contributed by atoms with van der Waals surface area (Å²) in [6.45, 7) is 1.92. The van der Waals surface area contributed by atoms with Gasteiger partial charge in [0.1, 0.15) is 12.1 Å². The Morgan fingerprint density at radius 2 is 2.10 bits per heavy atom. The predicted octanol–water partition coefficient (Wildman–Crippen LogP) is 3.38. The molecule has 2 aromatic heterocycles. The second-order valence-electron chi connectivity index (χ2n) is 7.78. The van der Waals surface area contributed by atoms with Gasteiger partial charge in [0.05, 0.1) is 12.2 Å². The molecule has 0 radical (unpaired) electrons. The maximum absolute atomic E-state index is 12.9. The highest BCUT2D eigenvalue weighted by Gasteiger charge is 2.22. The number of hydrogen-bond donors (Lipinski definition) is 2. The maximum Gasteiger partial charge on any atom is 0.291 e. The van der Waals surface area contributed by atoms with Gasteiger partial charge < -0.3 is 10.3 Å². The molecule has 2 heterocycles. The summed E-state index contributed by atoms with van der Waals surface area (Å²) in [4.78, 5) is 28.7. The van der Waals surface area contributed by atoms with Crippen molar-refractivity contribution in [3.63, 3.8) is 0 Å². The molecule has 0 spiro atoms. The van der Waals surface area contributed by atoms with E-state index in [2.05, 4.69) is 27.5 Å². The molecule has 146 valence electrons. The standard InChI is InChI=1S/C23H22N4O2/c1-14-9-10-20-17(11-14)18-12-24-27(23(29)22(18)26-20)13-21(28)25-19-8-4-6-15-5-2-3-7-16(15)19/h2-3,5,7,9-12,19,26H,4,6,8,13H2,1H3,(H,25,28)/t19-/m0/s1. The minimum absolute atomic E-state index is 0.0112. The van der Waals surface area contributed by atoms with Gasteiger partial charge in [-0.25, -0.2) is 4.68 Å². The van der Waals surface area contributed by atoms with Crippen LogP contribution in [0.4, 0.5) is 0 Å². The number of carbonyl (C=O) groups excluding carboxylic acids is 1. The van der Waals surface area contributed by atoms with Crippen molar-refractivity contribution in [1.29, 1.82) is 0 Å². The van der Waals surface area contributed by atoms with Crippen LogP contribution in [0.5, 0.6) is 0 Å². The van der Waals surface area contributed by atoms with E-state index in [0.29, 0.717) is 5.52 Å². The molecule has 1 aliphatic carbocycles. The summed E-state index contributed by atoms with van der Waals surface area (Å²) in [6.07, 6.45) is 4.66. The van der Waals surface area contributed by atoms with Crippen LogP contribution in [0.1, 0.15) is 35.6 Å². The molecule has 0 saturated carbocycles. The van der Waals surface area contributed by atoms with Crippen LogP contribution in [0.25, 0.3) is 21.8 Å². The first-order valence-electron chi connectivity index (χ1n) is 9.95. The number of nitrogens with zero attached hydrogens (tertiary/aromatic N) is 2. The van der Waals surface area contributed by atoms with Crippen LogP contribution in [0.15, 0.2) is 53.5 Å². The number of benzene rings is 2. The topological polar surface area (TPSA) is 79.8 Å². The zero-order valence-corrected chi connectivity index (χ0v) is 16.2. The molecule has 6 heteroatoms. The van der Waals surface area contributed by atoms with Crippen molar-refractivity contribution in [3.8, 4) is 0 Å². The molecular weight excluding hydrogens is 364 g/mol. The van der Waals surface area contributed by atoms with Gasteiger partial charge in [0.2, 0.25) is 5.91 Å². The van der Waals surface area contributed by atoms with Crippen LogP contribution in [-0.2, 0) is 17.8 Å². The number of aryl methyl sites for hydroxylation is 2. The van der Waals surface area contributed by atoms with E-state index in [1.54, 1.807) is 6.20 Å². The molecule has 0 bridgehead atoms. The first kappa shape index (κ1) is 17.7. The Morgan fingerprint density at radius 3 is 3.00 bits per heavy atom. The molecule has 1 aliphatic rings. The van der Waals surface area contributed by atoms with Crippen LogP contribution in [-0.4, -0.2) is 20.7 Å². The highest BCUT2D eigenvalue weighted by Crippen LogP contribution is 2.29. The van der Waals surface area contributed by atoms with Crippen molar-refractivity contribution in [1.82, 2.24) is 20.1 Å². The molecule has 2 N–H and O–H groups in total. The van der Waals surface area contributed by atoms with Crippen molar-refractivity contribution < 1.29 is 4.79 Å². The fourth-order valence-electron chi connectivity index (χ4n) is 4.33. The molecule has 0 unspecified atom stereocenters. The Labute approximate surface area is 167 Å². The van der Waals surface area contributed by atoms with Gasteiger partial charge in [-0.2, -0.15) is 5.10 Å². The molecule has 0 saturated heterocycles. The molecule has 29 heavy (non-hydrogen) atoms. The first-order chi connectivity index (χ1) is 14.1. The lowest BCUT2D eigenvalue weighted by Crippen LogP contribution is -2.36. The number of amides is 1. The SMILES string of the molecule is Cc1ccc2[nH]c3c(=O)n(CC(=O)N[C@H]4CCCc5ccccc54)ncc3c2c1. The van der Waals surface area contributed by atoms with E-state index in [9.17, 15) is 9.59 Å². The van der Waals surface area contributed by atoms with E-state index >= 15 is 0 Å². The molecular formula is C23H22N4O2. The van der Waals surface area contributed by atoms with Gasteiger partial charge in [0, 0.05) is 16.3 Å². The van der Waals surface area contributed by atoms with Crippen molar-refractivity contribution >= 4 is 27.7 Å². The number of H-pyrrole nitrogens is 1. The second-order valence-corrected chi connectivity index (χ2v) is 7.78. The van der Waals surface area contributed by atoms with Crippen molar-refractivity contribution in [3.05, 3.63) is 75.7 Å². The van der Waals surface area contributed by atoms with Gasteiger partial charge >= 0.3 is 0 Å². The van der Waals surface area contributed by atoms with Gasteiger partial charge in [0.15, 0.2) is 0 Å². The number of fused-ring (bicyclic) bond motifs is 4. The van der Waals surface area contributed by atoms with E-state index in [4.69, 9.17) is 0 Å². The summed E-state index contributed by atoms with van der Waals surface area (Å²) in [7, 11) is 0. The smallest absolute Gasteiger partial charge is 0.291 e. The Hall–Kier alpha value is -3.41. The Kier molecular flexibility index (Phi) is 4.19. The molecule has 0 aliphatic heterocycles. The lowest BCUT2D eigenvalue weighted by atomic mass is 9.88. The van der Waals surface area contributed by atoms with E-state index in [-0.39, 0.29) is 24.1 Å². The average Bonchev–Trinajstić information content (AvgIpc) is 3.09. The zero-order chi connectivity index (χ0) is 20.0. The van der Waals surface area contributed by atoms with Gasteiger partial charge in [-0.05, 0) is 49.4 Å². The molecule has 0 fully saturated rings. The molecule has 2 aromatic carbocycles. The average molecular weight is 386 g/mol. The van der Waals surface area contributed by atoms with Gasteiger partial charge in [0.25, 0.3) is 5.56 Å². The van der Waals surface area contributed by atoms with Crippen molar-refractivity contribution in [2.75, 3.05) is 0 Å².